The standard InChI is InChI=1S/C16H23F3N2/c1-2-3-6-14(16(17,18)19)7-4-5-12-8-10-13(11-9-12)15(20)21/h8-11,14H,2-7H2,1H3,(H3,20,21). The SMILES string of the molecule is CCCCC(CCCc1ccc(C(=N)N)cc1)C(F)(F)F. The molecule has 0 radical (unpaired) electrons. The van der Waals surface area contributed by atoms with Crippen molar-refractivity contribution in [2.24, 2.45) is 11.7 Å². The van der Waals surface area contributed by atoms with Crippen molar-refractivity contribution < 1.29 is 13.2 Å². The molecule has 0 aliphatic carbocycles. The van der Waals surface area contributed by atoms with Gasteiger partial charge in [-0.15, -0.1) is 0 Å². The maximum atomic E-state index is 12.9. The van der Waals surface area contributed by atoms with Crippen LogP contribution in [0.15, 0.2) is 24.3 Å². The maximum Gasteiger partial charge on any atom is 0.391 e. The van der Waals surface area contributed by atoms with E-state index in [-0.39, 0.29) is 18.7 Å². The molecular weight excluding hydrogens is 277 g/mol. The molecule has 0 saturated carbocycles. The van der Waals surface area contributed by atoms with Gasteiger partial charge in [-0.3, -0.25) is 5.41 Å². The van der Waals surface area contributed by atoms with Gasteiger partial charge in [0.15, 0.2) is 0 Å². The van der Waals surface area contributed by atoms with Crippen LogP contribution < -0.4 is 5.73 Å². The predicted octanol–water partition coefficient (Wildman–Crippen LogP) is 4.66. The predicted molar refractivity (Wildman–Crippen MR) is 79.5 cm³/mol. The van der Waals surface area contributed by atoms with Crippen molar-refractivity contribution in [3.63, 3.8) is 0 Å². The average Bonchev–Trinajstić information content (AvgIpc) is 2.41. The second-order valence-corrected chi connectivity index (χ2v) is 5.38. The number of amidine groups is 1. The van der Waals surface area contributed by atoms with Crippen molar-refractivity contribution in [3.8, 4) is 0 Å². The second kappa shape index (κ2) is 8.05. The molecule has 0 aliphatic heterocycles. The van der Waals surface area contributed by atoms with E-state index >= 15 is 0 Å². The lowest BCUT2D eigenvalue weighted by atomic mass is 9.94. The fourth-order valence-electron chi connectivity index (χ4n) is 2.33. The van der Waals surface area contributed by atoms with Crippen LogP contribution in [-0.4, -0.2) is 12.0 Å². The number of unbranched alkanes of at least 4 members (excludes halogenated alkanes) is 1. The Kier molecular flexibility index (Phi) is 6.72. The van der Waals surface area contributed by atoms with Crippen LogP contribution >= 0.6 is 0 Å². The fraction of sp³-hybridized carbons (Fsp3) is 0.562. The first-order valence-corrected chi connectivity index (χ1v) is 7.34. The van der Waals surface area contributed by atoms with Gasteiger partial charge in [-0.1, -0.05) is 44.0 Å². The number of hydrogen-bond donors (Lipinski definition) is 2. The summed E-state index contributed by atoms with van der Waals surface area (Å²) < 4.78 is 38.6. The summed E-state index contributed by atoms with van der Waals surface area (Å²) in [5, 5.41) is 7.29. The first-order chi connectivity index (χ1) is 9.84. The Morgan fingerprint density at radius 2 is 1.71 bits per heavy atom. The number of hydrogen-bond acceptors (Lipinski definition) is 1. The Bertz CT molecular complexity index is 438. The number of aryl methyl sites for hydroxylation is 1. The lowest BCUT2D eigenvalue weighted by Crippen LogP contribution is -2.23. The molecule has 118 valence electrons. The zero-order valence-corrected chi connectivity index (χ0v) is 12.3. The third kappa shape index (κ3) is 6.19. The van der Waals surface area contributed by atoms with E-state index < -0.39 is 12.1 Å². The van der Waals surface area contributed by atoms with Crippen LogP contribution in [-0.2, 0) is 6.42 Å². The van der Waals surface area contributed by atoms with Gasteiger partial charge in [0, 0.05) is 5.56 Å². The van der Waals surface area contributed by atoms with Crippen LogP contribution in [0.25, 0.3) is 0 Å². The van der Waals surface area contributed by atoms with Gasteiger partial charge in [0.2, 0.25) is 0 Å². The molecule has 1 aromatic carbocycles. The third-order valence-electron chi connectivity index (χ3n) is 3.65. The van der Waals surface area contributed by atoms with Gasteiger partial charge in [-0.05, 0) is 31.2 Å². The molecule has 0 amide bonds. The normalized spacial score (nSPS) is 13.1. The van der Waals surface area contributed by atoms with Crippen LogP contribution in [0.4, 0.5) is 13.2 Å². The fourth-order valence-corrected chi connectivity index (χ4v) is 2.33. The van der Waals surface area contributed by atoms with Crippen molar-refractivity contribution in [2.45, 2.75) is 51.6 Å². The number of nitrogen functional groups attached to an aromatic ring is 1. The highest BCUT2D eigenvalue weighted by molar-refractivity contribution is 5.94. The molecular formula is C16H23F3N2. The van der Waals surface area contributed by atoms with Crippen molar-refractivity contribution in [1.29, 1.82) is 5.41 Å². The Labute approximate surface area is 124 Å². The molecule has 1 rings (SSSR count). The molecule has 0 saturated heterocycles. The van der Waals surface area contributed by atoms with E-state index in [0.717, 1.165) is 12.0 Å². The van der Waals surface area contributed by atoms with Crippen LogP contribution in [0.5, 0.6) is 0 Å². The lowest BCUT2D eigenvalue weighted by molar-refractivity contribution is -0.178. The molecule has 1 atom stereocenters. The smallest absolute Gasteiger partial charge is 0.384 e. The lowest BCUT2D eigenvalue weighted by Gasteiger charge is -2.20. The van der Waals surface area contributed by atoms with Crippen LogP contribution in [0.2, 0.25) is 0 Å². The Hall–Kier alpha value is -1.52. The minimum atomic E-state index is -4.09. The first kappa shape index (κ1) is 17.5. The number of halogens is 3. The number of nitrogens with one attached hydrogen (secondary N) is 1. The zero-order valence-electron chi connectivity index (χ0n) is 12.3. The minimum absolute atomic E-state index is 0.00162. The molecule has 0 aromatic heterocycles. The van der Waals surface area contributed by atoms with Gasteiger partial charge in [0.05, 0.1) is 5.92 Å². The highest BCUT2D eigenvalue weighted by Gasteiger charge is 2.38. The molecule has 0 spiro atoms. The van der Waals surface area contributed by atoms with Crippen LogP contribution in [0.3, 0.4) is 0 Å². The number of nitrogens with two attached hydrogens (primary N) is 1. The summed E-state index contributed by atoms with van der Waals surface area (Å²) in [7, 11) is 0. The van der Waals surface area contributed by atoms with Gasteiger partial charge in [0.25, 0.3) is 0 Å². The summed E-state index contributed by atoms with van der Waals surface area (Å²) in [6.45, 7) is 1.91. The molecule has 0 aliphatic rings. The van der Waals surface area contributed by atoms with Crippen molar-refractivity contribution in [2.75, 3.05) is 0 Å². The van der Waals surface area contributed by atoms with Gasteiger partial charge in [-0.2, -0.15) is 13.2 Å². The highest BCUT2D eigenvalue weighted by Crippen LogP contribution is 2.34. The largest absolute Gasteiger partial charge is 0.391 e. The van der Waals surface area contributed by atoms with Crippen molar-refractivity contribution in [3.05, 3.63) is 35.4 Å². The topological polar surface area (TPSA) is 49.9 Å². The molecule has 21 heavy (non-hydrogen) atoms. The molecule has 5 heteroatoms. The summed E-state index contributed by atoms with van der Waals surface area (Å²) in [4.78, 5) is 0. The van der Waals surface area contributed by atoms with E-state index in [1.54, 1.807) is 12.1 Å². The number of rotatable bonds is 8. The minimum Gasteiger partial charge on any atom is -0.384 e. The quantitative estimate of drug-likeness (QED) is 0.532. The van der Waals surface area contributed by atoms with Gasteiger partial charge >= 0.3 is 6.18 Å². The number of benzene rings is 1. The molecule has 3 N–H and O–H groups in total. The van der Waals surface area contributed by atoms with Gasteiger partial charge in [-0.25, -0.2) is 0 Å². The van der Waals surface area contributed by atoms with Crippen molar-refractivity contribution in [1.82, 2.24) is 0 Å². The van der Waals surface area contributed by atoms with Crippen molar-refractivity contribution >= 4 is 5.84 Å². The van der Waals surface area contributed by atoms with E-state index in [9.17, 15) is 13.2 Å². The number of alkyl halides is 3. The molecule has 0 heterocycles. The Morgan fingerprint density at radius 3 is 2.19 bits per heavy atom. The second-order valence-electron chi connectivity index (χ2n) is 5.38. The Morgan fingerprint density at radius 1 is 1.14 bits per heavy atom. The molecule has 1 unspecified atom stereocenters. The highest BCUT2D eigenvalue weighted by atomic mass is 19.4. The molecule has 2 nitrogen and oxygen atoms in total. The van der Waals surface area contributed by atoms with E-state index in [2.05, 4.69) is 0 Å². The molecule has 0 fully saturated rings. The summed E-state index contributed by atoms with van der Waals surface area (Å²) in [5.41, 5.74) is 6.97. The van der Waals surface area contributed by atoms with E-state index in [0.29, 0.717) is 24.8 Å². The van der Waals surface area contributed by atoms with Gasteiger partial charge in [0.1, 0.15) is 5.84 Å². The van der Waals surface area contributed by atoms with Gasteiger partial charge < -0.3 is 5.73 Å². The zero-order chi connectivity index (χ0) is 15.9. The van der Waals surface area contributed by atoms with E-state index in [4.69, 9.17) is 11.1 Å². The summed E-state index contributed by atoms with van der Waals surface area (Å²) in [6, 6.07) is 7.11. The first-order valence-electron chi connectivity index (χ1n) is 7.34. The summed E-state index contributed by atoms with van der Waals surface area (Å²) in [6.07, 6.45) is -1.13. The Balaban J connectivity index is 2.47. The average molecular weight is 300 g/mol. The van der Waals surface area contributed by atoms with Crippen LogP contribution in [0.1, 0.15) is 50.2 Å². The summed E-state index contributed by atoms with van der Waals surface area (Å²) >= 11 is 0. The maximum absolute atomic E-state index is 12.9. The third-order valence-corrected chi connectivity index (χ3v) is 3.65. The van der Waals surface area contributed by atoms with E-state index in [1.165, 1.54) is 0 Å². The summed E-state index contributed by atoms with van der Waals surface area (Å²) in [5.74, 6) is -1.19. The van der Waals surface area contributed by atoms with E-state index in [1.807, 2.05) is 19.1 Å². The molecule has 0 bridgehead atoms. The monoisotopic (exact) mass is 300 g/mol. The van der Waals surface area contributed by atoms with Crippen LogP contribution in [0, 0.1) is 11.3 Å². The molecule has 1 aromatic rings.